The fourth-order valence-corrected chi connectivity index (χ4v) is 6.61. The van der Waals surface area contributed by atoms with Gasteiger partial charge in [0.25, 0.3) is 11.9 Å². The molecular formula is C34H45O22+. The highest BCUT2D eigenvalue weighted by Crippen LogP contribution is 2.48. The van der Waals surface area contributed by atoms with Gasteiger partial charge in [-0.15, -0.1) is 0 Å². The molecule has 16 atom stereocenters. The molecule has 312 valence electrons. The number of phenolic OH excluding ortho intramolecular Hbond substituents is 4. The molecule has 0 spiro atoms. The van der Waals surface area contributed by atoms with Gasteiger partial charge >= 0.3 is 0 Å². The molecule has 0 amide bonds. The second kappa shape index (κ2) is 17.0. The standard InChI is InChI=1S/C34H44O22/c1-49-16-3-10(2-14(38)21(16)39)31-17(6-12-13(37)4-11(36)5-15(12)52-31)53-34-30(48)27(45)24(42)20(56-34)9-51-33-29(47)26(44)23(41)19(55-33)8-50-32-28(46)25(43)22(40)18(7-35)54-32/h2-6,18-20,22-48H,7-9H2,1H3/p+1. The number of aliphatic hydroxyl groups is 11. The lowest BCUT2D eigenvalue weighted by molar-refractivity contribution is -0.341. The number of phenols is 4. The topological polar surface area (TPSA) is 361 Å². The van der Waals surface area contributed by atoms with Crippen molar-refractivity contribution in [3.05, 3.63) is 41.2 Å². The lowest BCUT2D eigenvalue weighted by Gasteiger charge is -2.44. The number of fused-ring (bicyclic) bond motifs is 1. The van der Waals surface area contributed by atoms with E-state index in [0.29, 0.717) is 0 Å². The summed E-state index contributed by atoms with van der Waals surface area (Å²) < 4.78 is 43.3. The van der Waals surface area contributed by atoms with E-state index in [0.717, 1.165) is 12.1 Å². The fourth-order valence-electron chi connectivity index (χ4n) is 6.61. The molecule has 0 radical (unpaired) electrons. The van der Waals surface area contributed by atoms with Gasteiger partial charge in [-0.25, -0.2) is 0 Å². The summed E-state index contributed by atoms with van der Waals surface area (Å²) in [7, 11) is 1.23. The monoisotopic (exact) mass is 805 g/mol. The third-order valence-electron chi connectivity index (χ3n) is 9.85. The zero-order valence-corrected chi connectivity index (χ0v) is 29.3. The molecule has 2 aromatic rings. The predicted octanol–water partition coefficient (Wildman–Crippen LogP) is -4.68. The highest BCUT2D eigenvalue weighted by atomic mass is 16.7. The van der Waals surface area contributed by atoms with Crippen molar-refractivity contribution in [3.8, 4) is 34.5 Å². The van der Waals surface area contributed by atoms with E-state index in [2.05, 4.69) is 4.74 Å². The van der Waals surface area contributed by atoms with Crippen molar-refractivity contribution < 1.29 is 109 Å². The van der Waals surface area contributed by atoms with Gasteiger partial charge in [0, 0.05) is 12.1 Å². The Morgan fingerprint density at radius 3 is 1.68 bits per heavy atom. The average molecular weight is 806 g/mol. The first-order valence-electron chi connectivity index (χ1n) is 17.2. The highest BCUT2D eigenvalue weighted by molar-refractivity contribution is 5.69. The Hall–Kier alpha value is -3.82. The summed E-state index contributed by atoms with van der Waals surface area (Å²) in [5.41, 5.74) is 0.209. The zero-order chi connectivity index (χ0) is 40.7. The molecule has 22 nitrogen and oxygen atoms in total. The normalized spacial score (nSPS) is 38.6. The van der Waals surface area contributed by atoms with Gasteiger partial charge in [-0.3, -0.25) is 0 Å². The Kier molecular flexibility index (Phi) is 12.7. The number of hydrogen-bond donors (Lipinski definition) is 14. The Bertz CT molecular complexity index is 1710. The summed E-state index contributed by atoms with van der Waals surface area (Å²) in [6.07, 6.45) is -26.0. The maximum Gasteiger partial charge on any atom is 0.270 e. The molecule has 2 aromatic carbocycles. The van der Waals surface area contributed by atoms with Crippen LogP contribution in [0, 0.1) is 0 Å². The first-order valence-corrected chi connectivity index (χ1v) is 17.2. The number of methoxy groups -OCH3 is 1. The molecule has 15 N–H and O–H groups in total. The van der Waals surface area contributed by atoms with E-state index in [4.69, 9.17) is 33.2 Å². The van der Waals surface area contributed by atoms with E-state index in [-0.39, 0.29) is 34.1 Å². The van der Waals surface area contributed by atoms with Crippen LogP contribution >= 0.6 is 0 Å². The molecular weight excluding hydrogens is 760 g/mol. The van der Waals surface area contributed by atoms with Crippen LogP contribution in [0.5, 0.6) is 34.5 Å². The van der Waals surface area contributed by atoms with Crippen molar-refractivity contribution in [2.24, 2.45) is 0 Å². The Balaban J connectivity index is 1.17. The minimum Gasteiger partial charge on any atom is -0.571 e. The van der Waals surface area contributed by atoms with Crippen LogP contribution in [0.15, 0.2) is 30.0 Å². The molecule has 0 aliphatic carbocycles. The molecule has 16 unspecified atom stereocenters. The molecule has 0 bridgehead atoms. The Labute approximate surface area is 316 Å². The number of rotatable bonds is 11. The molecule has 4 aliphatic rings. The fraction of sp³-hybridized carbons (Fsp3) is 0.588. The maximum atomic E-state index is 10.9. The third-order valence-corrected chi connectivity index (χ3v) is 9.85. The summed E-state index contributed by atoms with van der Waals surface area (Å²) >= 11 is 0. The zero-order valence-electron chi connectivity index (χ0n) is 29.3. The van der Waals surface area contributed by atoms with E-state index >= 15 is 0 Å². The van der Waals surface area contributed by atoms with Gasteiger partial charge in [0.1, 0.15) is 90.3 Å². The molecule has 0 aromatic heterocycles. The quantitative estimate of drug-likeness (QED) is 0.0749. The molecule has 0 saturated carbocycles. The maximum absolute atomic E-state index is 10.9. The van der Waals surface area contributed by atoms with E-state index < -0.39 is 135 Å². The number of benzene rings is 2. The van der Waals surface area contributed by atoms with E-state index in [1.165, 1.54) is 25.3 Å². The minimum atomic E-state index is -1.94. The van der Waals surface area contributed by atoms with Crippen LogP contribution in [0.25, 0.3) is 6.08 Å². The van der Waals surface area contributed by atoms with Crippen LogP contribution in [0.1, 0.15) is 17.2 Å². The Morgan fingerprint density at radius 1 is 0.607 bits per heavy atom. The van der Waals surface area contributed by atoms with E-state index in [9.17, 15) is 71.5 Å². The lowest BCUT2D eigenvalue weighted by atomic mass is 9.97. The average Bonchev–Trinajstić information content (AvgIpc) is 3.17. The van der Waals surface area contributed by atoms with Crippen LogP contribution in [0.3, 0.4) is 0 Å². The van der Waals surface area contributed by atoms with Crippen molar-refractivity contribution >= 4 is 6.08 Å². The SMILES string of the molecule is COc1cc(C2[OH+]c3cc(O)cc(O)c3C=C2OC2OC(COC3OC(COC4OC(CO)C(O)C(O)C4O)C(O)C(O)C3O)C(O)C(O)C2O)cc(O)c1O. The lowest BCUT2D eigenvalue weighted by Crippen LogP contribution is -2.62. The largest absolute Gasteiger partial charge is 0.571 e. The summed E-state index contributed by atoms with van der Waals surface area (Å²) in [5.74, 6) is -2.18. The number of aromatic hydroxyl groups is 5. The second-order valence-electron chi connectivity index (χ2n) is 13.6. The highest BCUT2D eigenvalue weighted by Gasteiger charge is 2.50. The third kappa shape index (κ3) is 8.13. The molecule has 3 fully saturated rings. The van der Waals surface area contributed by atoms with Crippen molar-refractivity contribution in [3.63, 3.8) is 0 Å². The summed E-state index contributed by atoms with van der Waals surface area (Å²) in [6, 6.07) is 4.70. The first-order chi connectivity index (χ1) is 26.5. The van der Waals surface area contributed by atoms with Gasteiger partial charge in [-0.05, 0) is 12.1 Å². The molecule has 22 heteroatoms. The number of aliphatic hydroxyl groups excluding tert-OH is 10. The first kappa shape index (κ1) is 41.8. The van der Waals surface area contributed by atoms with Gasteiger partial charge in [0.05, 0.1) is 38.6 Å². The summed E-state index contributed by atoms with van der Waals surface area (Å²) in [4.78, 5) is 0. The van der Waals surface area contributed by atoms with Crippen molar-refractivity contribution in [2.75, 3.05) is 26.9 Å². The number of ether oxygens (including phenoxy) is 8. The van der Waals surface area contributed by atoms with Crippen LogP contribution in [-0.4, -0.2) is 195 Å². The number of hydrogen-bond acceptors (Lipinski definition) is 21. The van der Waals surface area contributed by atoms with E-state index in [1.54, 1.807) is 0 Å². The minimum absolute atomic E-state index is 0.0593. The van der Waals surface area contributed by atoms with E-state index in [1.807, 2.05) is 0 Å². The van der Waals surface area contributed by atoms with Gasteiger partial charge in [0.2, 0.25) is 12.0 Å². The predicted molar refractivity (Wildman–Crippen MR) is 179 cm³/mol. The summed E-state index contributed by atoms with van der Waals surface area (Å²) in [5, 5.41) is 145. The van der Waals surface area contributed by atoms with Crippen LogP contribution in [-0.2, 0) is 28.4 Å². The second-order valence-corrected chi connectivity index (χ2v) is 13.6. The van der Waals surface area contributed by atoms with Crippen molar-refractivity contribution in [1.29, 1.82) is 0 Å². The molecule has 4 heterocycles. The van der Waals surface area contributed by atoms with Gasteiger partial charge in [0.15, 0.2) is 29.8 Å². The molecule has 3 saturated heterocycles. The van der Waals surface area contributed by atoms with Crippen molar-refractivity contribution in [2.45, 2.75) is 98.2 Å². The van der Waals surface area contributed by atoms with Gasteiger partial charge < -0.3 is 109 Å². The van der Waals surface area contributed by atoms with Crippen LogP contribution in [0.4, 0.5) is 0 Å². The Morgan fingerprint density at radius 2 is 1.12 bits per heavy atom. The summed E-state index contributed by atoms with van der Waals surface area (Å²) in [6.45, 7) is -2.11. The molecule has 4 aliphatic heterocycles. The van der Waals surface area contributed by atoms with Crippen molar-refractivity contribution in [1.82, 2.24) is 0 Å². The van der Waals surface area contributed by atoms with Crippen LogP contribution in [0.2, 0.25) is 0 Å². The van der Waals surface area contributed by atoms with Gasteiger partial charge in [-0.1, -0.05) is 0 Å². The van der Waals surface area contributed by atoms with Crippen LogP contribution < -0.4 is 4.74 Å². The molecule has 56 heavy (non-hydrogen) atoms. The van der Waals surface area contributed by atoms with Gasteiger partial charge in [-0.2, -0.15) is 0 Å². The molecule has 6 rings (SSSR count). The smallest absolute Gasteiger partial charge is 0.270 e.